The Bertz CT molecular complexity index is 585. The zero-order chi connectivity index (χ0) is 15.6. The van der Waals surface area contributed by atoms with Crippen molar-refractivity contribution in [1.29, 1.82) is 0 Å². The number of hydrogen-bond donors (Lipinski definition) is 1. The van der Waals surface area contributed by atoms with Crippen molar-refractivity contribution >= 4 is 23.5 Å². The Hall–Kier alpha value is -2.37. The molecule has 2 rings (SSSR count). The average Bonchev–Trinajstić information content (AvgIpc) is 2.95. The Kier molecular flexibility index (Phi) is 4.26. The molecule has 1 aliphatic heterocycles. The molecule has 2 amide bonds. The van der Waals surface area contributed by atoms with Gasteiger partial charge < -0.3 is 14.9 Å². The summed E-state index contributed by atoms with van der Waals surface area (Å²) in [6, 6.07) is 5.96. The first-order valence-electron chi connectivity index (χ1n) is 6.80. The Morgan fingerprint density at radius 1 is 1.29 bits per heavy atom. The van der Waals surface area contributed by atoms with Gasteiger partial charge in [0.2, 0.25) is 5.91 Å². The monoisotopic (exact) mass is 290 g/mol. The van der Waals surface area contributed by atoms with E-state index in [9.17, 15) is 19.5 Å². The second-order valence-electron chi connectivity index (χ2n) is 5.09. The number of carboxylic acid groups (broad SMARTS) is 1. The lowest BCUT2D eigenvalue weighted by Gasteiger charge is -2.25. The number of carbonyl (C=O) groups excluding carboxylic acids is 2. The highest BCUT2D eigenvalue weighted by atomic mass is 16.4. The summed E-state index contributed by atoms with van der Waals surface area (Å²) < 4.78 is 0. The second-order valence-corrected chi connectivity index (χ2v) is 5.09. The lowest BCUT2D eigenvalue weighted by molar-refractivity contribution is -0.141. The van der Waals surface area contributed by atoms with Crippen molar-refractivity contribution in [2.45, 2.75) is 25.8 Å². The molecule has 1 aromatic rings. The van der Waals surface area contributed by atoms with Crippen LogP contribution in [0.1, 0.15) is 30.1 Å². The maximum Gasteiger partial charge on any atom is 0.326 e. The summed E-state index contributed by atoms with van der Waals surface area (Å²) in [5.41, 5.74) is 0.842. The number of hydrogen-bond acceptors (Lipinski definition) is 3. The molecule has 1 N–H and O–H groups in total. The number of rotatable bonds is 3. The van der Waals surface area contributed by atoms with Gasteiger partial charge in [-0.15, -0.1) is 0 Å². The third kappa shape index (κ3) is 2.89. The first-order chi connectivity index (χ1) is 9.93. The molecule has 0 saturated carbocycles. The van der Waals surface area contributed by atoms with Gasteiger partial charge in [-0.25, -0.2) is 4.79 Å². The van der Waals surface area contributed by atoms with Crippen LogP contribution in [0.15, 0.2) is 24.3 Å². The summed E-state index contributed by atoms with van der Waals surface area (Å²) in [7, 11) is 1.59. The highest BCUT2D eigenvalue weighted by Crippen LogP contribution is 2.25. The predicted octanol–water partition coefficient (Wildman–Crippen LogP) is 1.36. The van der Waals surface area contributed by atoms with E-state index in [1.165, 1.54) is 16.7 Å². The Labute approximate surface area is 123 Å². The smallest absolute Gasteiger partial charge is 0.326 e. The summed E-state index contributed by atoms with van der Waals surface area (Å²) in [4.78, 5) is 38.1. The quantitative estimate of drug-likeness (QED) is 0.911. The largest absolute Gasteiger partial charge is 0.480 e. The standard InChI is InChI=1S/C15H18N2O4/c1-10(18)16(2)12-7-4-3-6-11(12)14(19)17-9-5-8-13(17)15(20)21/h3-4,6-7,13H,5,8-9H2,1-2H3,(H,20,21)/t13-/m0/s1. The highest BCUT2D eigenvalue weighted by Gasteiger charge is 2.35. The molecule has 6 nitrogen and oxygen atoms in total. The van der Waals surface area contributed by atoms with Gasteiger partial charge in [0, 0.05) is 20.5 Å². The number of anilines is 1. The van der Waals surface area contributed by atoms with Gasteiger partial charge in [-0.1, -0.05) is 12.1 Å². The van der Waals surface area contributed by atoms with Crippen molar-refractivity contribution in [3.05, 3.63) is 29.8 Å². The number of para-hydroxylation sites is 1. The van der Waals surface area contributed by atoms with Crippen LogP contribution in [0.5, 0.6) is 0 Å². The third-order valence-corrected chi connectivity index (χ3v) is 3.77. The van der Waals surface area contributed by atoms with Gasteiger partial charge in [0.25, 0.3) is 5.91 Å². The minimum atomic E-state index is -0.988. The first kappa shape index (κ1) is 15.0. The number of carbonyl (C=O) groups is 3. The van der Waals surface area contributed by atoms with E-state index in [1.54, 1.807) is 31.3 Å². The van der Waals surface area contributed by atoms with Gasteiger partial charge in [-0.2, -0.15) is 0 Å². The summed E-state index contributed by atoms with van der Waals surface area (Å²) in [6.07, 6.45) is 1.14. The van der Waals surface area contributed by atoms with Crippen LogP contribution in [0, 0.1) is 0 Å². The lowest BCUT2D eigenvalue weighted by atomic mass is 10.1. The molecule has 0 aromatic heterocycles. The SMILES string of the molecule is CC(=O)N(C)c1ccccc1C(=O)N1CCC[C@H]1C(=O)O. The van der Waals surface area contributed by atoms with E-state index < -0.39 is 12.0 Å². The maximum atomic E-state index is 12.6. The van der Waals surface area contributed by atoms with Crippen LogP contribution in [-0.2, 0) is 9.59 Å². The van der Waals surface area contributed by atoms with Gasteiger partial charge in [0.1, 0.15) is 6.04 Å². The van der Waals surface area contributed by atoms with Gasteiger partial charge in [-0.05, 0) is 25.0 Å². The lowest BCUT2D eigenvalue weighted by Crippen LogP contribution is -2.41. The number of likely N-dealkylation sites (tertiary alicyclic amines) is 1. The predicted molar refractivity (Wildman–Crippen MR) is 77.2 cm³/mol. The van der Waals surface area contributed by atoms with E-state index in [0.29, 0.717) is 30.6 Å². The van der Waals surface area contributed by atoms with E-state index in [2.05, 4.69) is 0 Å². The van der Waals surface area contributed by atoms with Gasteiger partial charge >= 0.3 is 5.97 Å². The van der Waals surface area contributed by atoms with E-state index in [0.717, 1.165) is 0 Å². The zero-order valence-electron chi connectivity index (χ0n) is 12.1. The molecule has 1 saturated heterocycles. The van der Waals surface area contributed by atoms with Crippen LogP contribution < -0.4 is 4.90 Å². The van der Waals surface area contributed by atoms with Crippen LogP contribution in [0.4, 0.5) is 5.69 Å². The highest BCUT2D eigenvalue weighted by molar-refractivity contribution is 6.05. The van der Waals surface area contributed by atoms with Gasteiger partial charge in [-0.3, -0.25) is 9.59 Å². The molecular weight excluding hydrogens is 272 g/mol. The molecule has 1 heterocycles. The fourth-order valence-corrected chi connectivity index (χ4v) is 2.54. The van der Waals surface area contributed by atoms with E-state index in [1.807, 2.05) is 0 Å². The summed E-state index contributed by atoms with van der Waals surface area (Å²) in [5.74, 6) is -1.52. The molecule has 1 aliphatic rings. The summed E-state index contributed by atoms with van der Waals surface area (Å²) in [5, 5.41) is 9.19. The summed E-state index contributed by atoms with van der Waals surface area (Å²) >= 11 is 0. The van der Waals surface area contributed by atoms with Crippen molar-refractivity contribution in [3.63, 3.8) is 0 Å². The van der Waals surface area contributed by atoms with Crippen LogP contribution >= 0.6 is 0 Å². The van der Waals surface area contributed by atoms with Crippen LogP contribution in [0.3, 0.4) is 0 Å². The molecule has 21 heavy (non-hydrogen) atoms. The van der Waals surface area contributed by atoms with E-state index in [4.69, 9.17) is 0 Å². The van der Waals surface area contributed by atoms with Crippen molar-refractivity contribution in [2.75, 3.05) is 18.5 Å². The number of carboxylic acids is 1. The Morgan fingerprint density at radius 2 is 1.95 bits per heavy atom. The average molecular weight is 290 g/mol. The molecule has 0 unspecified atom stereocenters. The van der Waals surface area contributed by atoms with Crippen LogP contribution in [0.2, 0.25) is 0 Å². The van der Waals surface area contributed by atoms with Crippen LogP contribution in [-0.4, -0.2) is 47.4 Å². The molecule has 1 aromatic carbocycles. The molecule has 1 atom stereocenters. The molecular formula is C15H18N2O4. The van der Waals surface area contributed by atoms with Crippen molar-refractivity contribution in [3.8, 4) is 0 Å². The molecule has 0 aliphatic carbocycles. The maximum absolute atomic E-state index is 12.6. The fraction of sp³-hybridized carbons (Fsp3) is 0.400. The molecule has 1 fully saturated rings. The fourth-order valence-electron chi connectivity index (χ4n) is 2.54. The van der Waals surface area contributed by atoms with Gasteiger partial charge in [0.15, 0.2) is 0 Å². The Morgan fingerprint density at radius 3 is 2.57 bits per heavy atom. The van der Waals surface area contributed by atoms with Crippen molar-refractivity contribution in [2.24, 2.45) is 0 Å². The van der Waals surface area contributed by atoms with E-state index in [-0.39, 0.29) is 11.8 Å². The summed E-state index contributed by atoms with van der Waals surface area (Å²) in [6.45, 7) is 1.84. The normalized spacial score (nSPS) is 17.6. The number of aliphatic carboxylic acids is 1. The van der Waals surface area contributed by atoms with Gasteiger partial charge in [0.05, 0.1) is 11.3 Å². The number of amides is 2. The molecule has 6 heteroatoms. The molecule has 0 bridgehead atoms. The topological polar surface area (TPSA) is 77.9 Å². The number of nitrogens with zero attached hydrogens (tertiary/aromatic N) is 2. The zero-order valence-corrected chi connectivity index (χ0v) is 12.1. The third-order valence-electron chi connectivity index (χ3n) is 3.77. The first-order valence-corrected chi connectivity index (χ1v) is 6.80. The molecule has 0 spiro atoms. The van der Waals surface area contributed by atoms with E-state index >= 15 is 0 Å². The minimum Gasteiger partial charge on any atom is -0.480 e. The van der Waals surface area contributed by atoms with Crippen LogP contribution in [0.25, 0.3) is 0 Å². The minimum absolute atomic E-state index is 0.188. The van der Waals surface area contributed by atoms with Crippen molar-refractivity contribution < 1.29 is 19.5 Å². The number of benzene rings is 1. The second kappa shape index (κ2) is 5.95. The molecule has 112 valence electrons. The van der Waals surface area contributed by atoms with Crippen molar-refractivity contribution in [1.82, 2.24) is 4.90 Å². The Balaban J connectivity index is 2.36. The molecule has 0 radical (unpaired) electrons.